The Morgan fingerprint density at radius 2 is 2.38 bits per heavy atom. The van der Waals surface area contributed by atoms with Gasteiger partial charge in [-0.3, -0.25) is 0 Å². The van der Waals surface area contributed by atoms with Crippen LogP contribution in [0.3, 0.4) is 0 Å². The number of nitrogens with zero attached hydrogens (tertiary/aromatic N) is 1. The van der Waals surface area contributed by atoms with Gasteiger partial charge in [0.25, 0.3) is 0 Å². The van der Waals surface area contributed by atoms with Crippen molar-refractivity contribution < 1.29 is 0 Å². The van der Waals surface area contributed by atoms with E-state index in [0.29, 0.717) is 0 Å². The van der Waals surface area contributed by atoms with E-state index in [1.807, 2.05) is 13.2 Å². The van der Waals surface area contributed by atoms with Crippen molar-refractivity contribution in [2.75, 3.05) is 20.6 Å². The zero-order valence-electron chi connectivity index (χ0n) is 10.4. The molecule has 1 heterocycles. The summed E-state index contributed by atoms with van der Waals surface area (Å²) in [5, 5.41) is 10.4. The largest absolute Gasteiger partial charge is 0.393 e. The Labute approximate surface area is 98.0 Å². The molecule has 0 atom stereocenters. The van der Waals surface area contributed by atoms with Gasteiger partial charge in [0.1, 0.15) is 0 Å². The van der Waals surface area contributed by atoms with E-state index in [9.17, 15) is 0 Å². The lowest BCUT2D eigenvalue weighted by molar-refractivity contribution is 0.478. The molecular formula is C13H21N3. The van der Waals surface area contributed by atoms with E-state index in [0.717, 1.165) is 24.1 Å². The summed E-state index contributed by atoms with van der Waals surface area (Å²) in [5.41, 5.74) is 3.47. The molecule has 1 rings (SSSR count). The Bertz CT molecular complexity index is 337. The second kappa shape index (κ2) is 6.16. The van der Waals surface area contributed by atoms with Gasteiger partial charge in [0.2, 0.25) is 0 Å². The van der Waals surface area contributed by atoms with Crippen LogP contribution in [0, 0.1) is 5.41 Å². The van der Waals surface area contributed by atoms with E-state index in [1.54, 1.807) is 0 Å². The second-order valence-corrected chi connectivity index (χ2v) is 4.08. The van der Waals surface area contributed by atoms with Crippen LogP contribution in [0.1, 0.15) is 19.8 Å². The van der Waals surface area contributed by atoms with Crippen LogP contribution in [-0.2, 0) is 0 Å². The van der Waals surface area contributed by atoms with Crippen molar-refractivity contribution in [2.45, 2.75) is 19.8 Å². The summed E-state index contributed by atoms with van der Waals surface area (Å²) in [6.07, 6.45) is 9.85. The van der Waals surface area contributed by atoms with E-state index >= 15 is 0 Å². The minimum Gasteiger partial charge on any atom is -0.393 e. The minimum atomic E-state index is 0.919. The van der Waals surface area contributed by atoms with Gasteiger partial charge in [-0.1, -0.05) is 25.0 Å². The molecule has 0 saturated carbocycles. The number of nitrogens with one attached hydrogen (secondary N) is 2. The first-order valence-corrected chi connectivity index (χ1v) is 5.71. The van der Waals surface area contributed by atoms with Gasteiger partial charge >= 0.3 is 0 Å². The van der Waals surface area contributed by atoms with Gasteiger partial charge in [0, 0.05) is 50.4 Å². The van der Waals surface area contributed by atoms with Gasteiger partial charge in [-0.25, -0.2) is 0 Å². The van der Waals surface area contributed by atoms with E-state index in [1.165, 1.54) is 18.2 Å². The third kappa shape index (κ3) is 3.26. The Kier molecular flexibility index (Phi) is 4.83. The predicted molar refractivity (Wildman–Crippen MR) is 69.6 cm³/mol. The first-order valence-electron chi connectivity index (χ1n) is 5.71. The number of rotatable bonds is 5. The first kappa shape index (κ1) is 12.6. The Morgan fingerprint density at radius 1 is 1.62 bits per heavy atom. The standard InChI is InChI=1S/C13H21N3/c1-4-5-11-6-12(10-16(3)9-11)13(7-14)8-15-2/h6-8,10,14-15H,4-5,9H2,1-3H3/b13-8+,14-7?. The fourth-order valence-corrected chi connectivity index (χ4v) is 1.90. The highest BCUT2D eigenvalue weighted by Gasteiger charge is 2.10. The van der Waals surface area contributed by atoms with Crippen LogP contribution in [-0.4, -0.2) is 31.8 Å². The molecule has 88 valence electrons. The zero-order valence-corrected chi connectivity index (χ0v) is 10.4. The van der Waals surface area contributed by atoms with Crippen molar-refractivity contribution in [1.29, 1.82) is 5.41 Å². The summed E-state index contributed by atoms with van der Waals surface area (Å²) in [6.45, 7) is 3.20. The van der Waals surface area contributed by atoms with Crippen molar-refractivity contribution in [3.63, 3.8) is 0 Å². The van der Waals surface area contributed by atoms with E-state index in [-0.39, 0.29) is 0 Å². The smallest absolute Gasteiger partial charge is 0.0383 e. The number of hydrogen-bond donors (Lipinski definition) is 2. The molecule has 0 saturated heterocycles. The first-order chi connectivity index (χ1) is 7.71. The average Bonchev–Trinajstić information content (AvgIpc) is 2.25. The summed E-state index contributed by atoms with van der Waals surface area (Å²) >= 11 is 0. The van der Waals surface area contributed by atoms with Crippen LogP contribution >= 0.6 is 0 Å². The maximum Gasteiger partial charge on any atom is 0.0383 e. The normalized spacial score (nSPS) is 16.7. The van der Waals surface area contributed by atoms with Crippen LogP contribution in [0.15, 0.2) is 35.2 Å². The summed E-state index contributed by atoms with van der Waals surface area (Å²) in [6, 6.07) is 0. The molecule has 0 spiro atoms. The minimum absolute atomic E-state index is 0.919. The van der Waals surface area contributed by atoms with Crippen molar-refractivity contribution in [2.24, 2.45) is 0 Å². The zero-order chi connectivity index (χ0) is 12.0. The number of hydrogen-bond acceptors (Lipinski definition) is 3. The lowest BCUT2D eigenvalue weighted by Crippen LogP contribution is -2.19. The highest BCUT2D eigenvalue weighted by Crippen LogP contribution is 2.20. The van der Waals surface area contributed by atoms with Crippen molar-refractivity contribution in [1.82, 2.24) is 10.2 Å². The van der Waals surface area contributed by atoms with Crippen LogP contribution in [0.25, 0.3) is 0 Å². The number of likely N-dealkylation sites (N-methyl/N-ethyl adjacent to an activating group) is 1. The lowest BCUT2D eigenvalue weighted by Gasteiger charge is -2.23. The molecule has 0 bridgehead atoms. The van der Waals surface area contributed by atoms with Crippen LogP contribution in [0.2, 0.25) is 0 Å². The molecule has 0 fully saturated rings. The predicted octanol–water partition coefficient (Wildman–Crippen LogP) is 2.30. The Balaban J connectivity index is 2.93. The molecule has 3 heteroatoms. The van der Waals surface area contributed by atoms with Gasteiger partial charge in [-0.05, 0) is 6.42 Å². The maximum absolute atomic E-state index is 7.41. The summed E-state index contributed by atoms with van der Waals surface area (Å²) in [7, 11) is 3.93. The van der Waals surface area contributed by atoms with Gasteiger partial charge in [0.05, 0.1) is 0 Å². The molecule has 0 aromatic rings. The van der Waals surface area contributed by atoms with E-state index in [2.05, 4.69) is 36.5 Å². The van der Waals surface area contributed by atoms with Gasteiger partial charge in [-0.2, -0.15) is 0 Å². The Hall–Kier alpha value is -1.51. The van der Waals surface area contributed by atoms with Crippen molar-refractivity contribution in [3.8, 4) is 0 Å². The van der Waals surface area contributed by atoms with Crippen LogP contribution in [0.5, 0.6) is 0 Å². The molecule has 0 aromatic carbocycles. The summed E-state index contributed by atoms with van der Waals surface area (Å²) < 4.78 is 0. The second-order valence-electron chi connectivity index (χ2n) is 4.08. The monoisotopic (exact) mass is 219 g/mol. The fourth-order valence-electron chi connectivity index (χ4n) is 1.90. The quantitative estimate of drug-likeness (QED) is 0.696. The molecule has 0 radical (unpaired) electrons. The molecule has 0 aliphatic carbocycles. The lowest BCUT2D eigenvalue weighted by atomic mass is 9.99. The maximum atomic E-state index is 7.41. The molecule has 16 heavy (non-hydrogen) atoms. The van der Waals surface area contributed by atoms with Crippen LogP contribution in [0.4, 0.5) is 0 Å². The van der Waals surface area contributed by atoms with Crippen molar-refractivity contribution >= 4 is 6.21 Å². The molecule has 0 amide bonds. The third-order valence-electron chi connectivity index (χ3n) is 2.53. The third-order valence-corrected chi connectivity index (χ3v) is 2.53. The van der Waals surface area contributed by atoms with Gasteiger partial charge in [0.15, 0.2) is 0 Å². The molecule has 2 N–H and O–H groups in total. The average molecular weight is 219 g/mol. The number of allylic oxidation sites excluding steroid dienone is 3. The van der Waals surface area contributed by atoms with Gasteiger partial charge in [-0.15, -0.1) is 0 Å². The topological polar surface area (TPSA) is 39.1 Å². The molecule has 0 unspecified atom stereocenters. The highest BCUT2D eigenvalue weighted by atomic mass is 15.1. The Morgan fingerprint density at radius 3 is 2.94 bits per heavy atom. The SMILES string of the molecule is CCCC1=CC(/C(C=N)=C/NC)=CN(C)C1. The van der Waals surface area contributed by atoms with Crippen LogP contribution < -0.4 is 5.32 Å². The fraction of sp³-hybridized carbons (Fsp3) is 0.462. The van der Waals surface area contributed by atoms with E-state index in [4.69, 9.17) is 5.41 Å². The summed E-state index contributed by atoms with van der Waals surface area (Å²) in [4.78, 5) is 2.17. The van der Waals surface area contributed by atoms with E-state index < -0.39 is 0 Å². The molecule has 0 aromatic heterocycles. The highest BCUT2D eigenvalue weighted by molar-refractivity contribution is 5.83. The van der Waals surface area contributed by atoms with Crippen molar-refractivity contribution in [3.05, 3.63) is 35.2 Å². The molecule has 1 aliphatic rings. The molecule has 1 aliphatic heterocycles. The summed E-state index contributed by atoms with van der Waals surface area (Å²) in [5.74, 6) is 0. The molecular weight excluding hydrogens is 198 g/mol. The van der Waals surface area contributed by atoms with Gasteiger partial charge < -0.3 is 15.6 Å². The molecule has 3 nitrogen and oxygen atoms in total.